The van der Waals surface area contributed by atoms with Crippen molar-refractivity contribution in [3.05, 3.63) is 28.5 Å². The first-order valence-corrected chi connectivity index (χ1v) is 14.3. The van der Waals surface area contributed by atoms with Gasteiger partial charge < -0.3 is 20.6 Å². The number of pyridine rings is 1. The molecule has 2 fully saturated rings. The Labute approximate surface area is 239 Å². The summed E-state index contributed by atoms with van der Waals surface area (Å²) in [6.45, 7) is 5.21. The molecule has 1 saturated heterocycles. The standard InChI is InChI=1S/C21H26F3N5O3S.C6H10F2/c1-11-6-5-7-29(11)19(31)15-16(33-18(28-15)17(30)27-10-20(2,3)32)12-9-26-14(25-4)8-13(12)21(22,23)24;7-6(8)4-2-1-3-5-6/h8-9,11,32H,5-7,10H2,1-4H3,(H,25,26)(H,27,30);1-5H2. The largest absolute Gasteiger partial charge is 0.417 e. The summed E-state index contributed by atoms with van der Waals surface area (Å²) in [4.78, 5) is 35.5. The van der Waals surface area contributed by atoms with Gasteiger partial charge in [0.15, 0.2) is 5.01 Å². The van der Waals surface area contributed by atoms with Crippen molar-refractivity contribution in [2.24, 2.45) is 0 Å². The van der Waals surface area contributed by atoms with Gasteiger partial charge in [-0.1, -0.05) is 6.42 Å². The van der Waals surface area contributed by atoms with Crippen molar-refractivity contribution in [1.29, 1.82) is 0 Å². The second-order valence-electron chi connectivity index (χ2n) is 11.0. The molecule has 2 aliphatic rings. The molecule has 0 bridgehead atoms. The number of halogens is 5. The number of aliphatic hydroxyl groups is 1. The monoisotopic (exact) mass is 605 g/mol. The molecule has 3 heterocycles. The van der Waals surface area contributed by atoms with Crippen molar-refractivity contribution < 1.29 is 36.6 Å². The first-order chi connectivity index (χ1) is 19.0. The Balaban J connectivity index is 0.000000496. The number of amides is 2. The third kappa shape index (κ3) is 8.81. The van der Waals surface area contributed by atoms with Gasteiger partial charge in [0.25, 0.3) is 11.8 Å². The zero-order chi connectivity index (χ0) is 30.6. The molecule has 1 saturated carbocycles. The molecule has 228 valence electrons. The highest BCUT2D eigenvalue weighted by Gasteiger charge is 2.38. The molecule has 8 nitrogen and oxygen atoms in total. The molecule has 1 aliphatic heterocycles. The van der Waals surface area contributed by atoms with Crippen LogP contribution in [0.25, 0.3) is 10.4 Å². The van der Waals surface area contributed by atoms with E-state index in [1.165, 1.54) is 20.9 Å². The summed E-state index contributed by atoms with van der Waals surface area (Å²) in [5.41, 5.74) is -2.73. The summed E-state index contributed by atoms with van der Waals surface area (Å²) in [6, 6.07) is 0.766. The van der Waals surface area contributed by atoms with Crippen LogP contribution >= 0.6 is 11.3 Å². The van der Waals surface area contributed by atoms with Crippen LogP contribution in [-0.4, -0.2) is 69.5 Å². The van der Waals surface area contributed by atoms with E-state index in [2.05, 4.69) is 20.6 Å². The Morgan fingerprint density at radius 2 is 1.83 bits per heavy atom. The van der Waals surface area contributed by atoms with Crippen LogP contribution in [0.4, 0.5) is 27.8 Å². The minimum atomic E-state index is -4.72. The average Bonchev–Trinajstić information content (AvgIpc) is 3.52. The Hall–Kier alpha value is -2.87. The fourth-order valence-electron chi connectivity index (χ4n) is 4.56. The fraction of sp³-hybridized carbons (Fsp3) is 0.630. The summed E-state index contributed by atoms with van der Waals surface area (Å²) >= 11 is 0.691. The van der Waals surface area contributed by atoms with Gasteiger partial charge in [-0.15, -0.1) is 11.3 Å². The number of aromatic nitrogens is 2. The van der Waals surface area contributed by atoms with E-state index in [9.17, 15) is 36.6 Å². The van der Waals surface area contributed by atoms with Gasteiger partial charge in [0.1, 0.15) is 11.5 Å². The molecule has 14 heteroatoms. The van der Waals surface area contributed by atoms with Crippen molar-refractivity contribution in [2.45, 2.75) is 89.5 Å². The molecule has 2 amide bonds. The molecule has 0 radical (unpaired) electrons. The lowest BCUT2D eigenvalue weighted by atomic mass is 9.97. The van der Waals surface area contributed by atoms with Crippen LogP contribution in [0.1, 0.15) is 91.6 Å². The van der Waals surface area contributed by atoms with Crippen LogP contribution in [0.15, 0.2) is 12.3 Å². The maximum Gasteiger partial charge on any atom is 0.417 e. The molecule has 0 spiro atoms. The zero-order valence-corrected chi connectivity index (χ0v) is 24.3. The number of carbonyl (C=O) groups is 2. The van der Waals surface area contributed by atoms with Gasteiger partial charge >= 0.3 is 6.18 Å². The topological polar surface area (TPSA) is 107 Å². The van der Waals surface area contributed by atoms with Gasteiger partial charge in [-0.3, -0.25) is 9.59 Å². The molecule has 2 aromatic heterocycles. The maximum absolute atomic E-state index is 13.9. The van der Waals surface area contributed by atoms with E-state index in [1.807, 2.05) is 6.92 Å². The molecule has 1 aliphatic carbocycles. The van der Waals surface area contributed by atoms with Crippen LogP contribution in [0.5, 0.6) is 0 Å². The lowest BCUT2D eigenvalue weighted by molar-refractivity contribution is -0.137. The molecule has 3 N–H and O–H groups in total. The average molecular weight is 606 g/mol. The first kappa shape index (κ1) is 32.6. The van der Waals surface area contributed by atoms with Crippen molar-refractivity contribution in [3.63, 3.8) is 0 Å². The maximum atomic E-state index is 13.9. The van der Waals surface area contributed by atoms with Crippen molar-refractivity contribution in [1.82, 2.24) is 20.2 Å². The lowest BCUT2D eigenvalue weighted by Crippen LogP contribution is -2.38. The molecule has 4 rings (SSSR count). The molecular weight excluding hydrogens is 569 g/mol. The zero-order valence-electron chi connectivity index (χ0n) is 23.5. The highest BCUT2D eigenvalue weighted by atomic mass is 32.1. The van der Waals surface area contributed by atoms with E-state index < -0.39 is 35.1 Å². The third-order valence-corrected chi connectivity index (χ3v) is 7.90. The number of anilines is 1. The molecule has 2 aromatic rings. The number of rotatable bonds is 6. The van der Waals surface area contributed by atoms with Crippen LogP contribution in [0, 0.1) is 0 Å². The van der Waals surface area contributed by atoms with E-state index in [0.29, 0.717) is 30.7 Å². The molecular formula is C27H36F5N5O3S. The summed E-state index contributed by atoms with van der Waals surface area (Å²) in [5.74, 6) is -3.53. The first-order valence-electron chi connectivity index (χ1n) is 13.5. The van der Waals surface area contributed by atoms with E-state index >= 15 is 0 Å². The van der Waals surface area contributed by atoms with Gasteiger partial charge in [-0.25, -0.2) is 18.7 Å². The van der Waals surface area contributed by atoms with Gasteiger partial charge in [-0.2, -0.15) is 13.2 Å². The Morgan fingerprint density at radius 3 is 2.32 bits per heavy atom. The van der Waals surface area contributed by atoms with E-state index in [0.717, 1.165) is 31.5 Å². The van der Waals surface area contributed by atoms with E-state index in [-0.39, 0.29) is 52.4 Å². The molecule has 1 atom stereocenters. The van der Waals surface area contributed by atoms with Crippen LogP contribution in [0.2, 0.25) is 0 Å². The van der Waals surface area contributed by atoms with Gasteiger partial charge in [0.2, 0.25) is 5.92 Å². The van der Waals surface area contributed by atoms with E-state index in [4.69, 9.17) is 0 Å². The predicted molar refractivity (Wildman–Crippen MR) is 146 cm³/mol. The minimum absolute atomic E-state index is 0.0137. The summed E-state index contributed by atoms with van der Waals surface area (Å²) in [6.07, 6.45) is 0.521. The summed E-state index contributed by atoms with van der Waals surface area (Å²) < 4.78 is 66.1. The molecule has 0 aromatic carbocycles. The fourth-order valence-corrected chi connectivity index (χ4v) is 5.56. The SMILES string of the molecule is CNc1cc(C(F)(F)F)c(-c2sc(C(=O)NCC(C)(C)O)nc2C(=O)N2CCCC2C)cn1.FC1(F)CCCCC1. The van der Waals surface area contributed by atoms with Crippen molar-refractivity contribution in [3.8, 4) is 10.4 Å². The van der Waals surface area contributed by atoms with Crippen LogP contribution < -0.4 is 10.6 Å². The summed E-state index contributed by atoms with van der Waals surface area (Å²) in [5, 5.41) is 14.8. The van der Waals surface area contributed by atoms with Gasteiger partial charge in [-0.05, 0) is 52.5 Å². The quantitative estimate of drug-likeness (QED) is 0.350. The van der Waals surface area contributed by atoms with Crippen molar-refractivity contribution in [2.75, 3.05) is 25.5 Å². The highest BCUT2D eigenvalue weighted by molar-refractivity contribution is 7.17. The number of alkyl halides is 5. The van der Waals surface area contributed by atoms with Crippen LogP contribution in [0.3, 0.4) is 0 Å². The third-order valence-electron chi connectivity index (χ3n) is 6.81. The summed E-state index contributed by atoms with van der Waals surface area (Å²) in [7, 11) is 1.45. The highest BCUT2D eigenvalue weighted by Crippen LogP contribution is 2.42. The van der Waals surface area contributed by atoms with Gasteiger partial charge in [0, 0.05) is 50.8 Å². The number of hydrogen-bond acceptors (Lipinski definition) is 7. The van der Waals surface area contributed by atoms with Gasteiger partial charge in [0.05, 0.1) is 16.0 Å². The number of carbonyl (C=O) groups excluding carboxylic acids is 2. The normalized spacial score (nSPS) is 18.9. The number of nitrogens with one attached hydrogen (secondary N) is 2. The molecule has 41 heavy (non-hydrogen) atoms. The second-order valence-corrected chi connectivity index (χ2v) is 12.0. The predicted octanol–water partition coefficient (Wildman–Crippen LogP) is 5.98. The Morgan fingerprint density at radius 1 is 1.17 bits per heavy atom. The smallest absolute Gasteiger partial charge is 0.389 e. The lowest BCUT2D eigenvalue weighted by Gasteiger charge is -2.21. The minimum Gasteiger partial charge on any atom is -0.389 e. The molecule has 1 unspecified atom stereocenters. The van der Waals surface area contributed by atoms with Crippen molar-refractivity contribution >= 4 is 29.0 Å². The number of likely N-dealkylation sites (tertiary alicyclic amines) is 1. The number of hydrogen-bond donors (Lipinski definition) is 3. The van der Waals surface area contributed by atoms with E-state index in [1.54, 1.807) is 4.90 Å². The Bertz CT molecular complexity index is 1220. The number of nitrogens with zero attached hydrogens (tertiary/aromatic N) is 3. The number of thiazole rings is 1. The Kier molecular flexibility index (Phi) is 10.3. The second kappa shape index (κ2) is 13.0. The van der Waals surface area contributed by atoms with Crippen LogP contribution in [-0.2, 0) is 6.18 Å².